The fourth-order valence-corrected chi connectivity index (χ4v) is 5.09. The summed E-state index contributed by atoms with van der Waals surface area (Å²) in [6.45, 7) is 2.04. The first kappa shape index (κ1) is 25.0. The van der Waals surface area contributed by atoms with Crippen molar-refractivity contribution in [3.05, 3.63) is 57.7 Å². The summed E-state index contributed by atoms with van der Waals surface area (Å²) in [5, 5.41) is 9.69. The molecular formula is C23H19F5N6O2S. The topological polar surface area (TPSA) is 89.9 Å². The molecule has 0 radical (unpaired) electrons. The van der Waals surface area contributed by atoms with Crippen LogP contribution in [0.15, 0.2) is 34.2 Å². The minimum atomic E-state index is -4.57. The highest BCUT2D eigenvalue weighted by atomic mass is 32.1. The van der Waals surface area contributed by atoms with E-state index < -0.39 is 23.5 Å². The molecule has 194 valence electrons. The number of thiazole rings is 1. The van der Waals surface area contributed by atoms with E-state index in [1.54, 1.807) is 10.3 Å². The Labute approximate surface area is 210 Å². The van der Waals surface area contributed by atoms with E-state index >= 15 is 0 Å². The van der Waals surface area contributed by atoms with Crippen LogP contribution in [-0.4, -0.2) is 48.8 Å². The summed E-state index contributed by atoms with van der Waals surface area (Å²) in [4.78, 5) is 22.9. The molecule has 5 rings (SSSR count). The van der Waals surface area contributed by atoms with Crippen molar-refractivity contribution in [1.29, 1.82) is 0 Å². The van der Waals surface area contributed by atoms with Gasteiger partial charge in [-0.05, 0) is 38.0 Å². The normalized spacial score (nSPS) is 14.9. The second-order valence-electron chi connectivity index (χ2n) is 8.57. The summed E-state index contributed by atoms with van der Waals surface area (Å²) in [6.07, 6.45) is -3.35. The molecular weight excluding hydrogens is 519 g/mol. The lowest BCUT2D eigenvalue weighted by Crippen LogP contribution is -2.40. The Hall–Kier alpha value is -3.68. The number of nitrogens with zero attached hydrogens (tertiary/aromatic N) is 6. The van der Waals surface area contributed by atoms with E-state index in [0.717, 1.165) is 27.9 Å². The molecule has 3 aromatic heterocycles. The summed E-state index contributed by atoms with van der Waals surface area (Å²) >= 11 is 1.37. The predicted octanol–water partition coefficient (Wildman–Crippen LogP) is 5.07. The highest BCUT2D eigenvalue weighted by Crippen LogP contribution is 2.34. The van der Waals surface area contributed by atoms with Crippen LogP contribution < -0.4 is 0 Å². The van der Waals surface area contributed by atoms with Crippen molar-refractivity contribution in [3.63, 3.8) is 0 Å². The van der Waals surface area contributed by atoms with Crippen LogP contribution in [-0.2, 0) is 17.5 Å². The SMILES string of the molecule is Cc1cc(C(F)(F)F)nn1CC(=O)N1CCC(c2nc(-c3nc(-c4c(F)cccc4F)no3)cs2)CC1. The molecule has 4 aromatic rings. The molecule has 0 aliphatic carbocycles. The van der Waals surface area contributed by atoms with Gasteiger partial charge in [0.25, 0.3) is 5.89 Å². The molecule has 1 aromatic carbocycles. The number of alkyl halides is 3. The Bertz CT molecular complexity index is 1420. The van der Waals surface area contributed by atoms with Crippen molar-refractivity contribution in [3.8, 4) is 23.0 Å². The van der Waals surface area contributed by atoms with Gasteiger partial charge in [0, 0.05) is 30.1 Å². The van der Waals surface area contributed by atoms with Crippen LogP contribution in [0.4, 0.5) is 22.0 Å². The monoisotopic (exact) mass is 538 g/mol. The van der Waals surface area contributed by atoms with Crippen LogP contribution in [0.3, 0.4) is 0 Å². The Morgan fingerprint density at radius 3 is 2.51 bits per heavy atom. The number of hydrogen-bond acceptors (Lipinski definition) is 7. The molecule has 1 fully saturated rings. The molecule has 1 saturated heterocycles. The van der Waals surface area contributed by atoms with Crippen molar-refractivity contribution >= 4 is 17.2 Å². The summed E-state index contributed by atoms with van der Waals surface area (Å²) in [5.41, 5.74) is -0.773. The average Bonchev–Trinajstić information content (AvgIpc) is 3.59. The highest BCUT2D eigenvalue weighted by Gasteiger charge is 2.35. The molecule has 0 spiro atoms. The summed E-state index contributed by atoms with van der Waals surface area (Å²) < 4.78 is 72.9. The van der Waals surface area contributed by atoms with Gasteiger partial charge >= 0.3 is 6.18 Å². The molecule has 8 nitrogen and oxygen atoms in total. The van der Waals surface area contributed by atoms with Gasteiger partial charge in [-0.15, -0.1) is 11.3 Å². The van der Waals surface area contributed by atoms with Crippen molar-refractivity contribution in [2.45, 2.75) is 38.4 Å². The van der Waals surface area contributed by atoms with Crippen LogP contribution in [0.1, 0.15) is 35.2 Å². The van der Waals surface area contributed by atoms with E-state index in [2.05, 4.69) is 20.2 Å². The standard InChI is InChI=1S/C23H19F5N6O2S/c1-12-9-17(23(26,27)28)31-34(12)10-18(35)33-7-5-13(6-8-33)22-29-16(11-37-22)21-30-20(32-36-21)19-14(24)3-2-4-15(19)25/h2-4,9,11,13H,5-8,10H2,1H3. The molecule has 14 heteroatoms. The summed E-state index contributed by atoms with van der Waals surface area (Å²) in [7, 11) is 0. The van der Waals surface area contributed by atoms with Crippen molar-refractivity contribution < 1.29 is 31.3 Å². The highest BCUT2D eigenvalue weighted by molar-refractivity contribution is 7.10. The third-order valence-corrected chi connectivity index (χ3v) is 7.11. The van der Waals surface area contributed by atoms with Crippen LogP contribution in [0.2, 0.25) is 0 Å². The Morgan fingerprint density at radius 2 is 1.86 bits per heavy atom. The smallest absolute Gasteiger partial charge is 0.341 e. The van der Waals surface area contributed by atoms with E-state index in [0.29, 0.717) is 31.6 Å². The largest absolute Gasteiger partial charge is 0.435 e. The lowest BCUT2D eigenvalue weighted by Gasteiger charge is -2.31. The van der Waals surface area contributed by atoms with Crippen LogP contribution in [0, 0.1) is 18.6 Å². The van der Waals surface area contributed by atoms with E-state index in [1.165, 1.54) is 24.3 Å². The van der Waals surface area contributed by atoms with Gasteiger partial charge in [-0.2, -0.15) is 23.3 Å². The number of hydrogen-bond donors (Lipinski definition) is 0. The van der Waals surface area contributed by atoms with Gasteiger partial charge in [-0.25, -0.2) is 13.8 Å². The van der Waals surface area contributed by atoms with Crippen molar-refractivity contribution in [2.75, 3.05) is 13.1 Å². The lowest BCUT2D eigenvalue weighted by atomic mass is 9.97. The van der Waals surface area contributed by atoms with Crippen LogP contribution in [0.5, 0.6) is 0 Å². The molecule has 4 heterocycles. The maximum atomic E-state index is 14.0. The Kier molecular flexibility index (Phi) is 6.52. The molecule has 1 aliphatic rings. The van der Waals surface area contributed by atoms with Crippen LogP contribution >= 0.6 is 11.3 Å². The molecule has 1 amide bonds. The van der Waals surface area contributed by atoms with Gasteiger partial charge in [0.05, 0.1) is 10.6 Å². The molecule has 0 bridgehead atoms. The maximum Gasteiger partial charge on any atom is 0.435 e. The first-order valence-corrected chi connectivity index (χ1v) is 12.1. The number of likely N-dealkylation sites (tertiary alicyclic amines) is 1. The summed E-state index contributed by atoms with van der Waals surface area (Å²) in [5.74, 6) is -2.07. The van der Waals surface area contributed by atoms with Crippen molar-refractivity contribution in [1.82, 2.24) is 29.8 Å². The second-order valence-corrected chi connectivity index (χ2v) is 9.46. The molecule has 0 atom stereocenters. The fraction of sp³-hybridized carbons (Fsp3) is 0.348. The fourth-order valence-electron chi connectivity index (χ4n) is 4.13. The number of amides is 1. The number of rotatable bonds is 5. The number of aromatic nitrogens is 5. The van der Waals surface area contributed by atoms with Gasteiger partial charge in [-0.3, -0.25) is 9.48 Å². The third-order valence-electron chi connectivity index (χ3n) is 6.11. The first-order chi connectivity index (χ1) is 17.6. The first-order valence-electron chi connectivity index (χ1n) is 11.2. The van der Waals surface area contributed by atoms with E-state index in [4.69, 9.17) is 4.52 Å². The van der Waals surface area contributed by atoms with Gasteiger partial charge < -0.3 is 9.42 Å². The maximum absolute atomic E-state index is 14.0. The van der Waals surface area contributed by atoms with Crippen LogP contribution in [0.25, 0.3) is 23.0 Å². The van der Waals surface area contributed by atoms with Gasteiger partial charge in [0.1, 0.15) is 23.9 Å². The summed E-state index contributed by atoms with van der Waals surface area (Å²) in [6, 6.07) is 4.35. The van der Waals surface area contributed by atoms with Gasteiger partial charge in [-0.1, -0.05) is 11.2 Å². The number of carbonyl (C=O) groups is 1. The quantitative estimate of drug-likeness (QED) is 0.330. The molecule has 1 aliphatic heterocycles. The van der Waals surface area contributed by atoms with Gasteiger partial charge in [0.15, 0.2) is 5.69 Å². The van der Waals surface area contributed by atoms with Crippen molar-refractivity contribution in [2.24, 2.45) is 0 Å². The molecule has 0 N–H and O–H groups in total. The van der Waals surface area contributed by atoms with E-state index in [-0.39, 0.29) is 41.3 Å². The number of halogens is 5. The van der Waals surface area contributed by atoms with Gasteiger partial charge in [0.2, 0.25) is 11.7 Å². The predicted molar refractivity (Wildman–Crippen MR) is 121 cm³/mol. The van der Waals surface area contributed by atoms with E-state index in [9.17, 15) is 26.7 Å². The second kappa shape index (κ2) is 9.65. The molecule has 37 heavy (non-hydrogen) atoms. The molecule has 0 saturated carbocycles. The number of carbonyl (C=O) groups excluding carboxylic acids is 1. The zero-order valence-electron chi connectivity index (χ0n) is 19.3. The zero-order chi connectivity index (χ0) is 26.3. The zero-order valence-corrected chi connectivity index (χ0v) is 20.1. The number of benzene rings is 1. The number of aryl methyl sites for hydroxylation is 1. The number of piperidine rings is 1. The molecule has 0 unspecified atom stereocenters. The third kappa shape index (κ3) is 5.10. The minimum absolute atomic E-state index is 0.0283. The Morgan fingerprint density at radius 1 is 1.16 bits per heavy atom. The minimum Gasteiger partial charge on any atom is -0.341 e. The average molecular weight is 539 g/mol. The van der Waals surface area contributed by atoms with E-state index in [1.807, 2.05) is 0 Å². The lowest BCUT2D eigenvalue weighted by molar-refractivity contribution is -0.142. The Balaban J connectivity index is 1.21.